The minimum atomic E-state index is -3.33. The first-order valence-corrected chi connectivity index (χ1v) is 14.3. The molecule has 1 heterocycles. The molecule has 2 atom stereocenters. The Kier molecular flexibility index (Phi) is 8.70. The van der Waals surface area contributed by atoms with Crippen LogP contribution in [0.3, 0.4) is 0 Å². The van der Waals surface area contributed by atoms with E-state index < -0.39 is 21.5 Å². The molecule has 1 aliphatic heterocycles. The minimum Gasteiger partial charge on any atom is -0.444 e. The van der Waals surface area contributed by atoms with Gasteiger partial charge in [-0.25, -0.2) is 13.2 Å². The largest absolute Gasteiger partial charge is 0.444 e. The van der Waals surface area contributed by atoms with Crippen LogP contribution in [0.1, 0.15) is 87.1 Å². The Balaban J connectivity index is 1.82. The fourth-order valence-electron chi connectivity index (χ4n) is 4.61. The average molecular weight is 531 g/mol. The smallest absolute Gasteiger partial charge is 0.411 e. The van der Waals surface area contributed by atoms with Crippen LogP contribution < -0.4 is 5.32 Å². The number of sulfone groups is 1. The van der Waals surface area contributed by atoms with Gasteiger partial charge in [-0.05, 0) is 74.1 Å². The molecule has 0 fully saturated rings. The van der Waals surface area contributed by atoms with Crippen molar-refractivity contribution in [3.8, 4) is 0 Å². The third-order valence-electron chi connectivity index (χ3n) is 6.40. The van der Waals surface area contributed by atoms with Gasteiger partial charge in [0.15, 0.2) is 9.84 Å². The summed E-state index contributed by atoms with van der Waals surface area (Å²) >= 11 is 0. The lowest BCUT2D eigenvalue weighted by Gasteiger charge is -2.30. The molecule has 3 rings (SSSR count). The first-order valence-electron chi connectivity index (χ1n) is 12.6. The van der Waals surface area contributed by atoms with Gasteiger partial charge < -0.3 is 15.2 Å². The van der Waals surface area contributed by atoms with Gasteiger partial charge in [0.1, 0.15) is 5.60 Å². The van der Waals surface area contributed by atoms with Crippen molar-refractivity contribution >= 4 is 21.8 Å². The topological polar surface area (TPSA) is 113 Å². The third-order valence-corrected chi connectivity index (χ3v) is 8.15. The zero-order valence-electron chi connectivity index (χ0n) is 22.4. The van der Waals surface area contributed by atoms with Gasteiger partial charge in [0.05, 0.1) is 29.3 Å². The first-order chi connectivity index (χ1) is 17.3. The van der Waals surface area contributed by atoms with E-state index in [-0.39, 0.29) is 47.6 Å². The Bertz CT molecular complexity index is 1230. The summed E-state index contributed by atoms with van der Waals surface area (Å²) in [7, 11) is -3.33. The molecular formula is C28H38N2O6S. The van der Waals surface area contributed by atoms with Crippen LogP contribution in [-0.4, -0.2) is 48.4 Å². The first kappa shape index (κ1) is 28.7. The second-order valence-corrected chi connectivity index (χ2v) is 13.0. The molecule has 2 N–H and O–H groups in total. The Morgan fingerprint density at radius 1 is 1.14 bits per heavy atom. The van der Waals surface area contributed by atoms with Crippen LogP contribution in [-0.2, 0) is 21.1 Å². The SMILES string of the molecule is CCS(=O)(=O)c1ccc([C@H](CCO)NC(=O)c2ccc3c(c2)CN(C(=O)OC(C)(C)C)[C@@H]3C(C)C)cc1. The zero-order chi connectivity index (χ0) is 27.5. The van der Waals surface area contributed by atoms with Gasteiger partial charge >= 0.3 is 6.09 Å². The number of ether oxygens (including phenoxy) is 1. The van der Waals surface area contributed by atoms with Crippen molar-refractivity contribution in [2.45, 2.75) is 77.1 Å². The Morgan fingerprint density at radius 3 is 2.32 bits per heavy atom. The van der Waals surface area contributed by atoms with E-state index in [4.69, 9.17) is 4.74 Å². The lowest BCUT2D eigenvalue weighted by molar-refractivity contribution is 0.0127. The number of nitrogens with one attached hydrogen (secondary N) is 1. The molecule has 202 valence electrons. The average Bonchev–Trinajstić information content (AvgIpc) is 3.22. The van der Waals surface area contributed by atoms with E-state index in [1.807, 2.05) is 40.7 Å². The molecular weight excluding hydrogens is 492 g/mol. The highest BCUT2D eigenvalue weighted by molar-refractivity contribution is 7.91. The van der Waals surface area contributed by atoms with Crippen LogP contribution in [0.4, 0.5) is 4.79 Å². The molecule has 2 aromatic carbocycles. The van der Waals surface area contributed by atoms with Crippen molar-refractivity contribution < 1.29 is 27.9 Å². The van der Waals surface area contributed by atoms with Crippen molar-refractivity contribution in [2.24, 2.45) is 5.92 Å². The van der Waals surface area contributed by atoms with Gasteiger partial charge in [-0.15, -0.1) is 0 Å². The molecule has 2 amide bonds. The highest BCUT2D eigenvalue weighted by atomic mass is 32.2. The van der Waals surface area contributed by atoms with Crippen molar-refractivity contribution in [1.82, 2.24) is 10.2 Å². The van der Waals surface area contributed by atoms with Gasteiger partial charge in [-0.2, -0.15) is 0 Å². The molecule has 0 radical (unpaired) electrons. The number of amides is 2. The maximum absolute atomic E-state index is 13.2. The molecule has 0 saturated heterocycles. The van der Waals surface area contributed by atoms with Gasteiger partial charge in [0.2, 0.25) is 0 Å². The molecule has 0 bridgehead atoms. The summed E-state index contributed by atoms with van der Waals surface area (Å²) in [4.78, 5) is 28.0. The summed E-state index contributed by atoms with van der Waals surface area (Å²) in [5.41, 5.74) is 2.43. The molecule has 0 unspecified atom stereocenters. The highest BCUT2D eigenvalue weighted by Gasteiger charge is 2.38. The van der Waals surface area contributed by atoms with E-state index >= 15 is 0 Å². The van der Waals surface area contributed by atoms with E-state index in [0.29, 0.717) is 17.7 Å². The molecule has 9 heteroatoms. The number of hydrogen-bond acceptors (Lipinski definition) is 6. The third kappa shape index (κ3) is 6.70. The molecule has 2 aromatic rings. The Hall–Kier alpha value is -2.91. The lowest BCUT2D eigenvalue weighted by Crippen LogP contribution is -2.37. The van der Waals surface area contributed by atoms with Crippen LogP contribution >= 0.6 is 0 Å². The summed E-state index contributed by atoms with van der Waals surface area (Å²) < 4.78 is 29.9. The maximum Gasteiger partial charge on any atom is 0.411 e. The number of carbonyl (C=O) groups excluding carboxylic acids is 2. The molecule has 37 heavy (non-hydrogen) atoms. The van der Waals surface area contributed by atoms with Crippen molar-refractivity contribution in [2.75, 3.05) is 12.4 Å². The van der Waals surface area contributed by atoms with E-state index in [1.54, 1.807) is 36.1 Å². The van der Waals surface area contributed by atoms with Crippen LogP contribution in [0.25, 0.3) is 0 Å². The second kappa shape index (κ2) is 11.2. The van der Waals surface area contributed by atoms with E-state index in [2.05, 4.69) is 5.32 Å². The van der Waals surface area contributed by atoms with Crippen LogP contribution in [0, 0.1) is 5.92 Å². The molecule has 0 aliphatic carbocycles. The quantitative estimate of drug-likeness (QED) is 0.508. The monoisotopic (exact) mass is 530 g/mol. The second-order valence-electron chi connectivity index (χ2n) is 10.7. The number of fused-ring (bicyclic) bond motifs is 1. The van der Waals surface area contributed by atoms with Crippen LogP contribution in [0.2, 0.25) is 0 Å². The molecule has 0 saturated carbocycles. The van der Waals surface area contributed by atoms with Gasteiger partial charge in [-0.1, -0.05) is 39.0 Å². The standard InChI is InChI=1S/C28H38N2O6S/c1-7-37(34,35)22-11-8-19(9-12-22)24(14-15-31)29-26(32)20-10-13-23-21(16-20)17-30(25(23)18(2)3)27(33)36-28(4,5)6/h8-13,16,18,24-25,31H,7,14-15,17H2,1-6H3,(H,29,32)/t24-,25+/m0/s1. The number of rotatable bonds is 8. The normalized spacial score (nSPS) is 16.4. The number of benzene rings is 2. The van der Waals surface area contributed by atoms with Crippen molar-refractivity contribution in [3.63, 3.8) is 0 Å². The fraction of sp³-hybridized carbons (Fsp3) is 0.500. The van der Waals surface area contributed by atoms with Crippen molar-refractivity contribution in [3.05, 3.63) is 64.7 Å². The number of aliphatic hydroxyl groups is 1. The predicted molar refractivity (Wildman–Crippen MR) is 142 cm³/mol. The molecule has 1 aliphatic rings. The summed E-state index contributed by atoms with van der Waals surface area (Å²) in [6.45, 7) is 11.4. The van der Waals surface area contributed by atoms with Gasteiger partial charge in [0.25, 0.3) is 5.91 Å². The summed E-state index contributed by atoms with van der Waals surface area (Å²) in [6, 6.07) is 11.2. The van der Waals surface area contributed by atoms with E-state index in [9.17, 15) is 23.1 Å². The highest BCUT2D eigenvalue weighted by Crippen LogP contribution is 2.40. The minimum absolute atomic E-state index is 0.00447. The fourth-order valence-corrected chi connectivity index (χ4v) is 5.49. The van der Waals surface area contributed by atoms with Gasteiger partial charge in [0, 0.05) is 12.2 Å². The molecule has 0 aromatic heterocycles. The van der Waals surface area contributed by atoms with Crippen LogP contribution in [0.5, 0.6) is 0 Å². The lowest BCUT2D eigenvalue weighted by atomic mass is 9.94. The maximum atomic E-state index is 13.2. The van der Waals surface area contributed by atoms with Crippen molar-refractivity contribution in [1.29, 1.82) is 0 Å². The summed E-state index contributed by atoms with van der Waals surface area (Å²) in [5, 5.41) is 12.5. The molecule has 8 nitrogen and oxygen atoms in total. The van der Waals surface area contributed by atoms with Gasteiger partial charge in [-0.3, -0.25) is 9.69 Å². The summed E-state index contributed by atoms with van der Waals surface area (Å²) in [5.74, 6) is -0.157. The van der Waals surface area contributed by atoms with E-state index in [1.165, 1.54) is 12.1 Å². The summed E-state index contributed by atoms with van der Waals surface area (Å²) in [6.07, 6.45) is -0.108. The number of hydrogen-bond donors (Lipinski definition) is 2. The van der Waals surface area contributed by atoms with E-state index in [0.717, 1.165) is 11.1 Å². The Labute approximate surface area is 219 Å². The molecule has 0 spiro atoms. The number of carbonyl (C=O) groups is 2. The zero-order valence-corrected chi connectivity index (χ0v) is 23.3. The Morgan fingerprint density at radius 2 is 1.78 bits per heavy atom. The number of nitrogens with zero attached hydrogens (tertiary/aromatic N) is 1. The predicted octanol–water partition coefficient (Wildman–Crippen LogP) is 4.78. The number of aliphatic hydroxyl groups excluding tert-OH is 1. The van der Waals surface area contributed by atoms with Crippen LogP contribution in [0.15, 0.2) is 47.4 Å².